The fourth-order valence-electron chi connectivity index (χ4n) is 2.60. The van der Waals surface area contributed by atoms with E-state index in [2.05, 4.69) is 34.3 Å². The third-order valence-electron chi connectivity index (χ3n) is 3.60. The van der Waals surface area contributed by atoms with Gasteiger partial charge in [-0.15, -0.1) is 0 Å². The highest BCUT2D eigenvalue weighted by Crippen LogP contribution is 2.36. The summed E-state index contributed by atoms with van der Waals surface area (Å²) < 4.78 is 0. The predicted molar refractivity (Wildman–Crippen MR) is 71.1 cm³/mol. The average molecular weight is 254 g/mol. The number of nitrogens with one attached hydrogen (secondary N) is 2. The minimum atomic E-state index is 0.623. The van der Waals surface area contributed by atoms with E-state index in [0.29, 0.717) is 11.3 Å². The highest BCUT2D eigenvalue weighted by Gasteiger charge is 2.30. The van der Waals surface area contributed by atoms with Gasteiger partial charge in [-0.2, -0.15) is 5.10 Å². The van der Waals surface area contributed by atoms with Crippen LogP contribution < -0.4 is 5.32 Å². The minimum absolute atomic E-state index is 0.623. The van der Waals surface area contributed by atoms with Gasteiger partial charge in [-0.3, -0.25) is 5.10 Å². The largest absolute Gasteiger partial charge is 0.313 e. The smallest absolute Gasteiger partial charge is 0.183 e. The van der Waals surface area contributed by atoms with Gasteiger partial charge >= 0.3 is 0 Å². The van der Waals surface area contributed by atoms with Crippen LogP contribution in [0.4, 0.5) is 0 Å². The molecule has 1 heterocycles. The molecule has 3 unspecified atom stereocenters. The van der Waals surface area contributed by atoms with Gasteiger partial charge in [0, 0.05) is 11.3 Å². The fourth-order valence-corrected chi connectivity index (χ4v) is 3.87. The summed E-state index contributed by atoms with van der Waals surface area (Å²) in [5.41, 5.74) is 0. The number of rotatable bonds is 5. The van der Waals surface area contributed by atoms with Crippen LogP contribution in [0.1, 0.15) is 39.5 Å². The Hall–Kier alpha value is -0.550. The molecular formula is C12H22N4S. The second-order valence-electron chi connectivity index (χ2n) is 4.70. The summed E-state index contributed by atoms with van der Waals surface area (Å²) in [6.07, 6.45) is 6.83. The van der Waals surface area contributed by atoms with Crippen LogP contribution in [0.2, 0.25) is 0 Å². The van der Waals surface area contributed by atoms with E-state index in [1.807, 2.05) is 11.8 Å². The van der Waals surface area contributed by atoms with Gasteiger partial charge in [-0.1, -0.05) is 32.0 Å². The van der Waals surface area contributed by atoms with Crippen molar-refractivity contribution in [2.75, 3.05) is 6.54 Å². The summed E-state index contributed by atoms with van der Waals surface area (Å²) in [4.78, 5) is 4.22. The molecule has 1 aromatic heterocycles. The molecule has 5 heteroatoms. The second kappa shape index (κ2) is 6.40. The SMILES string of the molecule is CCNC1CCC(CC)CC1Sc1ncn[nH]1. The molecule has 0 saturated heterocycles. The lowest BCUT2D eigenvalue weighted by molar-refractivity contribution is 0.297. The van der Waals surface area contributed by atoms with Gasteiger partial charge in [0.25, 0.3) is 0 Å². The first-order chi connectivity index (χ1) is 8.33. The molecule has 0 aromatic carbocycles. The van der Waals surface area contributed by atoms with Crippen molar-refractivity contribution in [3.8, 4) is 0 Å². The van der Waals surface area contributed by atoms with Crippen LogP contribution in [-0.4, -0.2) is 33.0 Å². The Balaban J connectivity index is 1.97. The molecular weight excluding hydrogens is 232 g/mol. The maximum Gasteiger partial charge on any atom is 0.183 e. The molecule has 1 aromatic rings. The van der Waals surface area contributed by atoms with Gasteiger partial charge in [0.05, 0.1) is 0 Å². The molecule has 3 atom stereocenters. The number of hydrogen-bond donors (Lipinski definition) is 2. The van der Waals surface area contributed by atoms with E-state index in [-0.39, 0.29) is 0 Å². The maximum absolute atomic E-state index is 4.22. The summed E-state index contributed by atoms with van der Waals surface area (Å²) >= 11 is 1.85. The third kappa shape index (κ3) is 3.45. The number of hydrogen-bond acceptors (Lipinski definition) is 4. The van der Waals surface area contributed by atoms with Crippen molar-refractivity contribution in [3.05, 3.63) is 6.33 Å². The molecule has 0 aliphatic heterocycles. The van der Waals surface area contributed by atoms with Crippen LogP contribution in [0.5, 0.6) is 0 Å². The van der Waals surface area contributed by atoms with Crippen LogP contribution in [0.25, 0.3) is 0 Å². The molecule has 0 radical (unpaired) electrons. The fraction of sp³-hybridized carbons (Fsp3) is 0.833. The number of thioether (sulfide) groups is 1. The molecule has 96 valence electrons. The van der Waals surface area contributed by atoms with Crippen molar-refractivity contribution in [1.29, 1.82) is 0 Å². The third-order valence-corrected chi connectivity index (χ3v) is 4.84. The molecule has 1 fully saturated rings. The monoisotopic (exact) mass is 254 g/mol. The predicted octanol–water partition coefficient (Wildman–Crippen LogP) is 2.45. The van der Waals surface area contributed by atoms with Crippen LogP contribution in [0.3, 0.4) is 0 Å². The zero-order valence-corrected chi connectivity index (χ0v) is 11.5. The number of nitrogens with zero attached hydrogens (tertiary/aromatic N) is 2. The molecule has 0 bridgehead atoms. The zero-order valence-electron chi connectivity index (χ0n) is 10.6. The molecule has 0 spiro atoms. The van der Waals surface area contributed by atoms with Crippen molar-refractivity contribution in [1.82, 2.24) is 20.5 Å². The molecule has 0 amide bonds. The lowest BCUT2D eigenvalue weighted by atomic mass is 9.84. The first kappa shape index (κ1) is 12.9. The summed E-state index contributed by atoms with van der Waals surface area (Å²) in [5.74, 6) is 0.880. The van der Waals surface area contributed by atoms with Crippen molar-refractivity contribution >= 4 is 11.8 Å². The number of aromatic amines is 1. The number of aromatic nitrogens is 3. The summed E-state index contributed by atoms with van der Waals surface area (Å²) in [5, 5.41) is 12.1. The normalized spacial score (nSPS) is 29.4. The molecule has 1 aliphatic rings. The first-order valence-corrected chi connectivity index (χ1v) is 7.46. The Morgan fingerprint density at radius 2 is 2.35 bits per heavy atom. The van der Waals surface area contributed by atoms with Crippen molar-refractivity contribution in [2.45, 2.75) is 56.0 Å². The summed E-state index contributed by atoms with van der Waals surface area (Å²) in [7, 11) is 0. The molecule has 4 nitrogen and oxygen atoms in total. The van der Waals surface area contributed by atoms with Crippen LogP contribution in [-0.2, 0) is 0 Å². The Kier molecular flexibility index (Phi) is 4.86. The van der Waals surface area contributed by atoms with Crippen LogP contribution in [0.15, 0.2) is 11.5 Å². The molecule has 1 saturated carbocycles. The highest BCUT2D eigenvalue weighted by atomic mass is 32.2. The van der Waals surface area contributed by atoms with E-state index in [4.69, 9.17) is 0 Å². The van der Waals surface area contributed by atoms with Gasteiger partial charge in [0.15, 0.2) is 5.16 Å². The van der Waals surface area contributed by atoms with Crippen molar-refractivity contribution in [2.24, 2.45) is 5.92 Å². The van der Waals surface area contributed by atoms with Gasteiger partial charge in [0.1, 0.15) is 6.33 Å². The van der Waals surface area contributed by atoms with Gasteiger partial charge in [0.2, 0.25) is 0 Å². The molecule has 2 N–H and O–H groups in total. The van der Waals surface area contributed by atoms with E-state index in [1.165, 1.54) is 25.7 Å². The Bertz CT molecular complexity index is 314. The Labute approximate surface area is 107 Å². The zero-order chi connectivity index (χ0) is 12.1. The van der Waals surface area contributed by atoms with Crippen LogP contribution >= 0.6 is 11.8 Å². The van der Waals surface area contributed by atoms with E-state index in [9.17, 15) is 0 Å². The van der Waals surface area contributed by atoms with E-state index in [1.54, 1.807) is 6.33 Å². The highest BCUT2D eigenvalue weighted by molar-refractivity contribution is 7.99. The minimum Gasteiger partial charge on any atom is -0.313 e. The van der Waals surface area contributed by atoms with Crippen molar-refractivity contribution in [3.63, 3.8) is 0 Å². The lowest BCUT2D eigenvalue weighted by Crippen LogP contribution is -2.42. The molecule has 17 heavy (non-hydrogen) atoms. The van der Waals surface area contributed by atoms with Crippen LogP contribution in [0, 0.1) is 5.92 Å². The van der Waals surface area contributed by atoms with E-state index < -0.39 is 0 Å². The lowest BCUT2D eigenvalue weighted by Gasteiger charge is -2.35. The number of H-pyrrole nitrogens is 1. The Morgan fingerprint density at radius 3 is 3.00 bits per heavy atom. The van der Waals surface area contributed by atoms with E-state index >= 15 is 0 Å². The first-order valence-electron chi connectivity index (χ1n) is 6.58. The van der Waals surface area contributed by atoms with Gasteiger partial charge < -0.3 is 5.32 Å². The molecule has 1 aliphatic carbocycles. The molecule has 2 rings (SSSR count). The second-order valence-corrected chi connectivity index (χ2v) is 5.93. The van der Waals surface area contributed by atoms with Crippen molar-refractivity contribution < 1.29 is 0 Å². The van der Waals surface area contributed by atoms with E-state index in [0.717, 1.165) is 17.6 Å². The quantitative estimate of drug-likeness (QED) is 0.847. The summed E-state index contributed by atoms with van der Waals surface area (Å²) in [6.45, 7) is 5.53. The standard InChI is InChI=1S/C12H22N4S/c1-3-9-5-6-10(13-4-2)11(7-9)17-12-14-8-15-16-12/h8-11,13H,3-7H2,1-2H3,(H,14,15,16). The maximum atomic E-state index is 4.22. The summed E-state index contributed by atoms with van der Waals surface area (Å²) in [6, 6.07) is 0.623. The topological polar surface area (TPSA) is 53.6 Å². The average Bonchev–Trinajstić information content (AvgIpc) is 2.84. The Morgan fingerprint density at radius 1 is 1.47 bits per heavy atom. The van der Waals surface area contributed by atoms with Gasteiger partial charge in [-0.25, -0.2) is 4.98 Å². The van der Waals surface area contributed by atoms with Gasteiger partial charge in [-0.05, 0) is 31.7 Å².